The van der Waals surface area contributed by atoms with Crippen LogP contribution in [-0.4, -0.2) is 77.9 Å². The van der Waals surface area contributed by atoms with E-state index in [1.54, 1.807) is 11.0 Å². The zero-order chi connectivity index (χ0) is 25.2. The Morgan fingerprint density at radius 3 is 2.37 bits per heavy atom. The van der Waals surface area contributed by atoms with Crippen molar-refractivity contribution in [2.24, 2.45) is 0 Å². The lowest BCUT2D eigenvalue weighted by Crippen LogP contribution is -2.49. The minimum absolute atomic E-state index is 0.0866. The van der Waals surface area contributed by atoms with E-state index in [1.807, 2.05) is 9.62 Å². The number of hydrogen-bond donors (Lipinski definition) is 2. The summed E-state index contributed by atoms with van der Waals surface area (Å²) in [7, 11) is -3.71. The average molecular weight is 501 g/mol. The van der Waals surface area contributed by atoms with E-state index in [2.05, 4.69) is 15.2 Å². The van der Waals surface area contributed by atoms with Crippen LogP contribution in [0.15, 0.2) is 48.8 Å². The van der Waals surface area contributed by atoms with Gasteiger partial charge in [0.1, 0.15) is 11.6 Å². The summed E-state index contributed by atoms with van der Waals surface area (Å²) in [5.74, 6) is -1.40. The van der Waals surface area contributed by atoms with Crippen LogP contribution < -0.4 is 9.62 Å². The number of nitrogens with zero attached hydrogens (tertiary/aromatic N) is 5. The first-order chi connectivity index (χ1) is 16.6. The lowest BCUT2D eigenvalue weighted by atomic mass is 10.0. The first kappa shape index (κ1) is 24.0. The lowest BCUT2D eigenvalue weighted by molar-refractivity contribution is 0.0745. The van der Waals surface area contributed by atoms with Gasteiger partial charge in [0, 0.05) is 49.1 Å². The van der Waals surface area contributed by atoms with Crippen LogP contribution in [0.1, 0.15) is 20.8 Å². The van der Waals surface area contributed by atoms with Crippen molar-refractivity contribution in [3.63, 3.8) is 0 Å². The topological polar surface area (TPSA) is 146 Å². The van der Waals surface area contributed by atoms with Crippen LogP contribution in [0.2, 0.25) is 0 Å². The number of benzene rings is 1. The van der Waals surface area contributed by atoms with Gasteiger partial charge in [-0.05, 0) is 30.3 Å². The molecule has 2 N–H and O–H groups in total. The Kier molecular flexibility index (Phi) is 6.60. The van der Waals surface area contributed by atoms with Gasteiger partial charge in [-0.15, -0.1) is 10.2 Å². The predicted octanol–water partition coefficient (Wildman–Crippen LogP) is 1.04. The Labute approximate surface area is 200 Å². The molecule has 1 aliphatic rings. The van der Waals surface area contributed by atoms with Gasteiger partial charge in [-0.2, -0.15) is 0 Å². The minimum Gasteiger partial charge on any atom is -0.506 e. The molecule has 11 nitrogen and oxygen atoms in total. The van der Waals surface area contributed by atoms with Gasteiger partial charge in [-0.1, -0.05) is 6.07 Å². The summed E-state index contributed by atoms with van der Waals surface area (Å²) in [6, 6.07) is 8.48. The Balaban J connectivity index is 1.38. The van der Waals surface area contributed by atoms with Crippen molar-refractivity contribution in [3.8, 4) is 16.9 Å². The van der Waals surface area contributed by atoms with E-state index < -0.39 is 21.7 Å². The molecule has 182 valence electrons. The first-order valence-corrected chi connectivity index (χ1v) is 12.3. The fourth-order valence-electron chi connectivity index (χ4n) is 3.61. The molecule has 0 bridgehead atoms. The predicted molar refractivity (Wildman–Crippen MR) is 124 cm³/mol. The van der Waals surface area contributed by atoms with Gasteiger partial charge in [-0.3, -0.25) is 14.6 Å². The van der Waals surface area contributed by atoms with E-state index in [0.717, 1.165) is 6.26 Å². The Morgan fingerprint density at radius 1 is 1.03 bits per heavy atom. The Morgan fingerprint density at radius 2 is 1.77 bits per heavy atom. The van der Waals surface area contributed by atoms with Crippen molar-refractivity contribution in [2.75, 3.05) is 37.3 Å². The van der Waals surface area contributed by atoms with E-state index in [9.17, 15) is 27.5 Å². The highest BCUT2D eigenvalue weighted by molar-refractivity contribution is 7.89. The van der Waals surface area contributed by atoms with Crippen LogP contribution in [0.4, 0.5) is 10.2 Å². The number of hydrogen-bond acceptors (Lipinski definition) is 9. The number of pyridine rings is 1. The summed E-state index contributed by atoms with van der Waals surface area (Å²) in [5, 5.41) is 17.3. The van der Waals surface area contributed by atoms with Gasteiger partial charge in [0.05, 0.1) is 12.5 Å². The zero-order valence-corrected chi connectivity index (χ0v) is 19.4. The smallest absolute Gasteiger partial charge is 0.285 e. The number of sulfonamides is 1. The number of carbonyl (C=O) groups excluding carboxylic acids is 2. The fourth-order valence-corrected chi connectivity index (χ4v) is 4.06. The molecule has 0 unspecified atom stereocenters. The summed E-state index contributed by atoms with van der Waals surface area (Å²) in [4.78, 5) is 32.1. The Bertz CT molecular complexity index is 1380. The first-order valence-electron chi connectivity index (χ1n) is 10.4. The number of aromatic hydroxyl groups is 1. The second-order valence-corrected chi connectivity index (χ2v) is 9.63. The van der Waals surface area contributed by atoms with Crippen molar-refractivity contribution < 1.29 is 27.5 Å². The molecule has 3 heterocycles. The third kappa shape index (κ3) is 5.69. The third-order valence-corrected chi connectivity index (χ3v) is 5.86. The minimum atomic E-state index is -3.71. The Hall–Kier alpha value is -4.13. The molecule has 35 heavy (non-hydrogen) atoms. The van der Waals surface area contributed by atoms with Crippen molar-refractivity contribution in [2.45, 2.75) is 0 Å². The van der Waals surface area contributed by atoms with E-state index in [4.69, 9.17) is 0 Å². The third-order valence-electron chi connectivity index (χ3n) is 5.30. The SMILES string of the molecule is CS(=O)(=O)NC(=O)c1ccc(N2CCN(C(=O)c3ccc(-c4cncc(O)c4)c(F)c3)CC2)nn1. The van der Waals surface area contributed by atoms with Crippen molar-refractivity contribution in [1.82, 2.24) is 24.8 Å². The van der Waals surface area contributed by atoms with Crippen LogP contribution >= 0.6 is 0 Å². The number of aromatic nitrogens is 3. The summed E-state index contributed by atoms with van der Waals surface area (Å²) in [6.45, 7) is 1.59. The molecule has 2 aromatic heterocycles. The molecule has 1 aliphatic heterocycles. The van der Waals surface area contributed by atoms with Crippen LogP contribution in [0.3, 0.4) is 0 Å². The van der Waals surface area contributed by atoms with Crippen LogP contribution in [-0.2, 0) is 10.0 Å². The van der Waals surface area contributed by atoms with Gasteiger partial charge in [0.15, 0.2) is 11.5 Å². The standard InChI is InChI=1S/C22H21FN6O5S/c1-35(33,34)27-21(31)19-4-5-20(26-25-19)28-6-8-29(9-7-28)22(32)14-2-3-17(18(23)11-14)15-10-16(30)13-24-12-15/h2-5,10-13,30H,6-9H2,1H3,(H,27,31). The normalized spacial score (nSPS) is 14.0. The van der Waals surface area contributed by atoms with Gasteiger partial charge in [-0.25, -0.2) is 17.5 Å². The summed E-state index contributed by atoms with van der Waals surface area (Å²) >= 11 is 0. The highest BCUT2D eigenvalue weighted by Crippen LogP contribution is 2.26. The summed E-state index contributed by atoms with van der Waals surface area (Å²) in [5.41, 5.74) is 0.687. The second kappa shape index (κ2) is 9.62. The van der Waals surface area contributed by atoms with Gasteiger partial charge >= 0.3 is 0 Å². The molecule has 1 aromatic carbocycles. The number of nitrogens with one attached hydrogen (secondary N) is 1. The average Bonchev–Trinajstić information content (AvgIpc) is 2.82. The molecule has 0 spiro atoms. The number of anilines is 1. The number of carbonyl (C=O) groups is 2. The quantitative estimate of drug-likeness (QED) is 0.525. The van der Waals surface area contributed by atoms with E-state index in [0.29, 0.717) is 37.6 Å². The number of halogens is 1. The lowest BCUT2D eigenvalue weighted by Gasteiger charge is -2.35. The monoisotopic (exact) mass is 500 g/mol. The molecule has 0 radical (unpaired) electrons. The van der Waals surface area contributed by atoms with E-state index in [1.165, 1.54) is 42.7 Å². The number of piperazine rings is 1. The fraction of sp³-hybridized carbons (Fsp3) is 0.227. The molecule has 0 aliphatic carbocycles. The maximum absolute atomic E-state index is 14.7. The number of amides is 2. The maximum Gasteiger partial charge on any atom is 0.285 e. The summed E-state index contributed by atoms with van der Waals surface area (Å²) < 4.78 is 38.9. The molecule has 3 aromatic rings. The maximum atomic E-state index is 14.7. The van der Waals surface area contributed by atoms with Crippen molar-refractivity contribution in [3.05, 3.63) is 65.9 Å². The van der Waals surface area contributed by atoms with E-state index >= 15 is 0 Å². The molecule has 0 atom stereocenters. The molecule has 0 saturated carbocycles. The van der Waals surface area contributed by atoms with Crippen molar-refractivity contribution >= 4 is 27.7 Å². The molecule has 4 rings (SSSR count). The van der Waals surface area contributed by atoms with Gasteiger partial charge < -0.3 is 14.9 Å². The highest BCUT2D eigenvalue weighted by atomic mass is 32.2. The highest BCUT2D eigenvalue weighted by Gasteiger charge is 2.24. The summed E-state index contributed by atoms with van der Waals surface area (Å²) in [6.07, 6.45) is 3.53. The molecule has 1 saturated heterocycles. The largest absolute Gasteiger partial charge is 0.506 e. The van der Waals surface area contributed by atoms with Gasteiger partial charge in [0.2, 0.25) is 10.0 Å². The number of rotatable bonds is 5. The van der Waals surface area contributed by atoms with Crippen LogP contribution in [0.25, 0.3) is 11.1 Å². The molecule has 2 amide bonds. The molecule has 1 fully saturated rings. The molecule has 13 heteroatoms. The zero-order valence-electron chi connectivity index (χ0n) is 18.5. The van der Waals surface area contributed by atoms with Crippen LogP contribution in [0, 0.1) is 5.82 Å². The van der Waals surface area contributed by atoms with E-state index in [-0.39, 0.29) is 28.5 Å². The van der Waals surface area contributed by atoms with Crippen molar-refractivity contribution in [1.29, 1.82) is 0 Å². The second-order valence-electron chi connectivity index (χ2n) is 7.89. The molecular weight excluding hydrogens is 479 g/mol. The molecular formula is C22H21FN6O5S. The van der Waals surface area contributed by atoms with Crippen LogP contribution in [0.5, 0.6) is 5.75 Å². The van der Waals surface area contributed by atoms with Gasteiger partial charge in [0.25, 0.3) is 11.8 Å².